The SMILES string of the molecule is CC(=O)C1CCC(C2=CCC(N(CCN3CCCC3)C(=O)Nc3ccc(F)c(Cl)c3)CC2)S1. The van der Waals surface area contributed by atoms with E-state index in [4.69, 9.17) is 11.6 Å². The van der Waals surface area contributed by atoms with Gasteiger partial charge in [0.25, 0.3) is 0 Å². The van der Waals surface area contributed by atoms with Crippen LogP contribution in [0.5, 0.6) is 0 Å². The lowest BCUT2D eigenvalue weighted by Gasteiger charge is -2.35. The average molecular weight is 494 g/mol. The van der Waals surface area contributed by atoms with Crippen LogP contribution in [0.2, 0.25) is 5.02 Å². The third kappa shape index (κ3) is 6.31. The van der Waals surface area contributed by atoms with Crippen molar-refractivity contribution in [1.82, 2.24) is 9.80 Å². The van der Waals surface area contributed by atoms with Crippen LogP contribution >= 0.6 is 23.4 Å². The minimum atomic E-state index is -0.498. The molecule has 0 saturated carbocycles. The van der Waals surface area contributed by atoms with Crippen molar-refractivity contribution in [3.63, 3.8) is 0 Å². The molecule has 0 aromatic heterocycles. The van der Waals surface area contributed by atoms with Gasteiger partial charge in [-0.3, -0.25) is 4.79 Å². The van der Waals surface area contributed by atoms with Crippen LogP contribution in [0, 0.1) is 5.82 Å². The van der Waals surface area contributed by atoms with Gasteiger partial charge in [-0.1, -0.05) is 23.3 Å². The monoisotopic (exact) mass is 493 g/mol. The van der Waals surface area contributed by atoms with Gasteiger partial charge in [0.05, 0.1) is 10.3 Å². The maximum atomic E-state index is 13.5. The van der Waals surface area contributed by atoms with Gasteiger partial charge in [-0.15, -0.1) is 11.8 Å². The molecule has 0 bridgehead atoms. The van der Waals surface area contributed by atoms with Gasteiger partial charge in [0.15, 0.2) is 0 Å². The van der Waals surface area contributed by atoms with E-state index < -0.39 is 5.82 Å². The predicted octanol–water partition coefficient (Wildman–Crippen LogP) is 5.74. The first-order valence-electron chi connectivity index (χ1n) is 12.0. The Morgan fingerprint density at radius 3 is 2.67 bits per heavy atom. The van der Waals surface area contributed by atoms with Crippen LogP contribution in [0.3, 0.4) is 0 Å². The second kappa shape index (κ2) is 11.2. The van der Waals surface area contributed by atoms with Crippen molar-refractivity contribution < 1.29 is 14.0 Å². The molecule has 180 valence electrons. The minimum Gasteiger partial charge on any atom is -0.320 e. The van der Waals surface area contributed by atoms with E-state index in [1.807, 2.05) is 16.7 Å². The molecule has 1 aromatic carbocycles. The van der Waals surface area contributed by atoms with Crippen LogP contribution in [-0.2, 0) is 4.79 Å². The van der Waals surface area contributed by atoms with Crippen molar-refractivity contribution >= 4 is 40.9 Å². The molecule has 2 saturated heterocycles. The van der Waals surface area contributed by atoms with Crippen LogP contribution in [0.25, 0.3) is 0 Å². The minimum absolute atomic E-state index is 0.000382. The summed E-state index contributed by atoms with van der Waals surface area (Å²) in [6.45, 7) is 5.40. The first-order chi connectivity index (χ1) is 15.9. The number of urea groups is 1. The number of nitrogens with one attached hydrogen (secondary N) is 1. The standard InChI is InChI=1S/C25H33ClFN3O2S/c1-17(31)23-10-11-24(33-23)18-4-7-20(8-5-18)30(15-14-29-12-2-3-13-29)25(32)28-19-6-9-22(27)21(26)16-19/h4,6,9,16,20,23-24H,2-3,5,7-8,10-15H2,1H3,(H,28,32). The molecule has 0 radical (unpaired) electrons. The maximum Gasteiger partial charge on any atom is 0.322 e. The largest absolute Gasteiger partial charge is 0.322 e. The highest BCUT2D eigenvalue weighted by molar-refractivity contribution is 8.01. The summed E-state index contributed by atoms with van der Waals surface area (Å²) in [5.74, 6) is -0.218. The fourth-order valence-electron chi connectivity index (χ4n) is 5.10. The summed E-state index contributed by atoms with van der Waals surface area (Å²) in [6, 6.07) is 4.23. The van der Waals surface area contributed by atoms with E-state index in [-0.39, 0.29) is 28.1 Å². The number of Topliss-reactive ketones (excluding diaryl/α,β-unsaturated/α-hetero) is 1. The zero-order valence-electron chi connectivity index (χ0n) is 19.2. The lowest BCUT2D eigenvalue weighted by atomic mass is 9.91. The molecule has 3 aliphatic rings. The number of nitrogens with zero attached hydrogens (tertiary/aromatic N) is 2. The number of ketones is 1. The van der Waals surface area contributed by atoms with E-state index in [0.29, 0.717) is 17.5 Å². The molecule has 2 heterocycles. The van der Waals surface area contributed by atoms with Crippen molar-refractivity contribution in [3.8, 4) is 0 Å². The summed E-state index contributed by atoms with van der Waals surface area (Å²) in [6.07, 6.45) is 9.49. The summed E-state index contributed by atoms with van der Waals surface area (Å²) >= 11 is 7.72. The highest BCUT2D eigenvalue weighted by atomic mass is 35.5. The highest BCUT2D eigenvalue weighted by Crippen LogP contribution is 2.41. The van der Waals surface area contributed by atoms with E-state index in [1.165, 1.54) is 30.5 Å². The molecule has 1 aromatic rings. The molecular weight excluding hydrogens is 461 g/mol. The number of hydrogen-bond acceptors (Lipinski definition) is 4. The molecule has 5 nitrogen and oxygen atoms in total. The molecule has 1 aliphatic carbocycles. The molecule has 2 fully saturated rings. The van der Waals surface area contributed by atoms with E-state index in [9.17, 15) is 14.0 Å². The fourth-order valence-corrected chi connectivity index (χ4v) is 6.80. The maximum absolute atomic E-state index is 13.5. The Morgan fingerprint density at radius 1 is 1.24 bits per heavy atom. The van der Waals surface area contributed by atoms with Crippen LogP contribution in [0.4, 0.5) is 14.9 Å². The number of hydrogen-bond donors (Lipinski definition) is 1. The smallest absolute Gasteiger partial charge is 0.320 e. The van der Waals surface area contributed by atoms with Gasteiger partial charge < -0.3 is 15.1 Å². The first kappa shape index (κ1) is 24.6. The Labute approximate surface area is 205 Å². The quantitative estimate of drug-likeness (QED) is 0.492. The van der Waals surface area contributed by atoms with Gasteiger partial charge in [0, 0.05) is 30.1 Å². The van der Waals surface area contributed by atoms with E-state index in [2.05, 4.69) is 16.3 Å². The van der Waals surface area contributed by atoms with Crippen LogP contribution in [-0.4, -0.2) is 64.3 Å². The summed E-state index contributed by atoms with van der Waals surface area (Å²) < 4.78 is 13.5. The summed E-state index contributed by atoms with van der Waals surface area (Å²) in [5, 5.41) is 3.50. The number of amides is 2. The van der Waals surface area contributed by atoms with Gasteiger partial charge in [-0.05, 0) is 83.2 Å². The number of benzene rings is 1. The molecule has 3 atom stereocenters. The number of carbonyl (C=O) groups is 2. The molecule has 0 spiro atoms. The van der Waals surface area contributed by atoms with Crippen molar-refractivity contribution in [2.75, 3.05) is 31.5 Å². The first-order valence-corrected chi connectivity index (χ1v) is 13.3. The number of likely N-dealkylation sites (tertiary alicyclic amines) is 1. The zero-order chi connectivity index (χ0) is 23.4. The molecule has 2 aliphatic heterocycles. The molecule has 8 heteroatoms. The number of thioether (sulfide) groups is 1. The summed E-state index contributed by atoms with van der Waals surface area (Å²) in [5.41, 5.74) is 1.94. The van der Waals surface area contributed by atoms with Crippen LogP contribution in [0.1, 0.15) is 51.9 Å². The number of carbonyl (C=O) groups excluding carboxylic acids is 2. The Hall–Kier alpha value is -1.57. The zero-order valence-corrected chi connectivity index (χ0v) is 20.8. The van der Waals surface area contributed by atoms with Crippen molar-refractivity contribution in [2.24, 2.45) is 0 Å². The molecule has 33 heavy (non-hydrogen) atoms. The number of rotatable bonds is 7. The normalized spacial score (nSPS) is 25.7. The van der Waals surface area contributed by atoms with Gasteiger partial charge in [-0.2, -0.15) is 0 Å². The second-order valence-corrected chi connectivity index (χ2v) is 11.1. The van der Waals surface area contributed by atoms with Gasteiger partial charge >= 0.3 is 6.03 Å². The second-order valence-electron chi connectivity index (χ2n) is 9.31. The lowest BCUT2D eigenvalue weighted by Crippen LogP contribution is -2.47. The third-order valence-electron chi connectivity index (χ3n) is 7.03. The van der Waals surface area contributed by atoms with Crippen molar-refractivity contribution in [2.45, 2.75) is 68.4 Å². The van der Waals surface area contributed by atoms with E-state index >= 15 is 0 Å². The lowest BCUT2D eigenvalue weighted by molar-refractivity contribution is -0.116. The molecule has 4 rings (SSSR count). The van der Waals surface area contributed by atoms with Crippen LogP contribution in [0.15, 0.2) is 29.8 Å². The van der Waals surface area contributed by atoms with Crippen LogP contribution < -0.4 is 5.32 Å². The van der Waals surface area contributed by atoms with Gasteiger partial charge in [-0.25, -0.2) is 9.18 Å². The molecular formula is C25H33ClFN3O2S. The molecule has 1 N–H and O–H groups in total. The van der Waals surface area contributed by atoms with Crippen molar-refractivity contribution in [1.29, 1.82) is 0 Å². The Bertz CT molecular complexity index is 906. The summed E-state index contributed by atoms with van der Waals surface area (Å²) in [4.78, 5) is 29.4. The third-order valence-corrected chi connectivity index (χ3v) is 9.09. The predicted molar refractivity (Wildman–Crippen MR) is 134 cm³/mol. The van der Waals surface area contributed by atoms with Gasteiger partial charge in [0.2, 0.25) is 0 Å². The fraction of sp³-hybridized carbons (Fsp3) is 0.600. The average Bonchev–Trinajstić information content (AvgIpc) is 3.49. The highest BCUT2D eigenvalue weighted by Gasteiger charge is 2.33. The van der Waals surface area contributed by atoms with E-state index in [1.54, 1.807) is 13.0 Å². The Balaban J connectivity index is 1.41. The molecule has 3 unspecified atom stereocenters. The topological polar surface area (TPSA) is 52.7 Å². The number of halogens is 2. The van der Waals surface area contributed by atoms with Crippen molar-refractivity contribution in [3.05, 3.63) is 40.7 Å². The Morgan fingerprint density at radius 2 is 2.03 bits per heavy atom. The molecule has 2 amide bonds. The Kier molecular flexibility index (Phi) is 8.36. The van der Waals surface area contributed by atoms with E-state index in [0.717, 1.165) is 51.7 Å². The van der Waals surface area contributed by atoms with Gasteiger partial charge in [0.1, 0.15) is 11.6 Å². The number of anilines is 1. The summed E-state index contributed by atoms with van der Waals surface area (Å²) in [7, 11) is 0.